The van der Waals surface area contributed by atoms with Crippen molar-refractivity contribution in [3.8, 4) is 11.5 Å². The predicted octanol–water partition coefficient (Wildman–Crippen LogP) is 8.08. The first-order chi connectivity index (χ1) is 18.4. The molecular weight excluding hydrogens is 514 g/mol. The number of hydrogen-bond acceptors (Lipinski definition) is 5. The number of hydrazone groups is 1. The zero-order valence-corrected chi connectivity index (χ0v) is 24.3. The maximum Gasteiger partial charge on any atom is 0.192 e. The summed E-state index contributed by atoms with van der Waals surface area (Å²) in [5.74, 6) is 0.279. The molecular formula is C31H38F2N2O3Si. The molecule has 39 heavy (non-hydrogen) atoms. The second-order valence-electron chi connectivity index (χ2n) is 11.6. The molecule has 0 bridgehead atoms. The van der Waals surface area contributed by atoms with Gasteiger partial charge in [-0.3, -0.25) is 5.01 Å². The molecule has 3 aromatic carbocycles. The highest BCUT2D eigenvalue weighted by atomic mass is 28.4. The van der Waals surface area contributed by atoms with Gasteiger partial charge in [-0.1, -0.05) is 32.9 Å². The molecule has 3 aromatic rings. The van der Waals surface area contributed by atoms with Gasteiger partial charge in [-0.25, -0.2) is 8.78 Å². The van der Waals surface area contributed by atoms with Gasteiger partial charge in [-0.15, -0.1) is 0 Å². The molecule has 0 unspecified atom stereocenters. The average Bonchev–Trinajstić information content (AvgIpc) is 3.29. The van der Waals surface area contributed by atoms with Crippen molar-refractivity contribution < 1.29 is 23.1 Å². The summed E-state index contributed by atoms with van der Waals surface area (Å²) in [7, 11) is -2.11. The smallest absolute Gasteiger partial charge is 0.192 e. The second-order valence-corrected chi connectivity index (χ2v) is 16.4. The van der Waals surface area contributed by atoms with Gasteiger partial charge in [0.1, 0.15) is 29.7 Å². The largest absolute Gasteiger partial charge is 0.508 e. The minimum absolute atomic E-state index is 0.0278. The van der Waals surface area contributed by atoms with Crippen molar-refractivity contribution in [2.24, 2.45) is 11.0 Å². The number of benzene rings is 3. The third kappa shape index (κ3) is 7.25. The number of phenolic OH excluding ortho intramolecular Hbond substituents is 1. The van der Waals surface area contributed by atoms with Crippen LogP contribution in [0, 0.1) is 17.6 Å². The fourth-order valence-corrected chi connectivity index (χ4v) is 5.73. The Hall–Kier alpha value is -3.23. The molecule has 8 heteroatoms. The van der Waals surface area contributed by atoms with E-state index >= 15 is 0 Å². The number of ether oxygens (including phenoxy) is 1. The molecule has 0 radical (unpaired) electrons. The van der Waals surface area contributed by atoms with E-state index < -0.39 is 8.32 Å². The Morgan fingerprint density at radius 3 is 2.10 bits per heavy atom. The Kier molecular flexibility index (Phi) is 8.76. The molecule has 0 spiro atoms. The van der Waals surface area contributed by atoms with Gasteiger partial charge in [-0.05, 0) is 97.2 Å². The summed E-state index contributed by atoms with van der Waals surface area (Å²) in [5, 5.41) is 16.2. The van der Waals surface area contributed by atoms with E-state index in [4.69, 9.17) is 9.16 Å². The van der Waals surface area contributed by atoms with Gasteiger partial charge < -0.3 is 14.3 Å². The van der Waals surface area contributed by atoms with Crippen LogP contribution in [-0.2, 0) is 4.43 Å². The van der Waals surface area contributed by atoms with Crippen LogP contribution in [0.5, 0.6) is 11.5 Å². The predicted molar refractivity (Wildman–Crippen MR) is 155 cm³/mol. The number of aromatic hydroxyl groups is 1. The van der Waals surface area contributed by atoms with E-state index in [9.17, 15) is 13.9 Å². The highest BCUT2D eigenvalue weighted by molar-refractivity contribution is 6.74. The van der Waals surface area contributed by atoms with E-state index in [0.717, 1.165) is 24.1 Å². The summed E-state index contributed by atoms with van der Waals surface area (Å²) in [6.45, 7) is 11.4. The van der Waals surface area contributed by atoms with Crippen molar-refractivity contribution >= 4 is 20.2 Å². The van der Waals surface area contributed by atoms with E-state index in [-0.39, 0.29) is 40.5 Å². The topological polar surface area (TPSA) is 54.3 Å². The van der Waals surface area contributed by atoms with E-state index in [2.05, 4.69) is 39.0 Å². The molecule has 208 valence electrons. The Morgan fingerprint density at radius 1 is 0.923 bits per heavy atom. The minimum Gasteiger partial charge on any atom is -0.508 e. The second kappa shape index (κ2) is 11.9. The fraction of sp³-hybridized carbons (Fsp3) is 0.387. The van der Waals surface area contributed by atoms with Crippen LogP contribution in [0.2, 0.25) is 18.1 Å². The number of halogens is 2. The maximum absolute atomic E-state index is 13.7. The zero-order chi connectivity index (χ0) is 28.2. The van der Waals surface area contributed by atoms with Crippen molar-refractivity contribution in [3.05, 3.63) is 90.0 Å². The molecule has 0 aromatic heterocycles. The summed E-state index contributed by atoms with van der Waals surface area (Å²) >= 11 is 0. The number of rotatable bonds is 10. The quantitative estimate of drug-likeness (QED) is 0.258. The molecule has 1 heterocycles. The Bertz CT molecular complexity index is 1240. The lowest BCUT2D eigenvalue weighted by Gasteiger charge is -2.40. The lowest BCUT2D eigenvalue weighted by atomic mass is 9.93. The van der Waals surface area contributed by atoms with Gasteiger partial charge in [0.25, 0.3) is 0 Å². The highest BCUT2D eigenvalue weighted by Crippen LogP contribution is 2.41. The molecule has 0 fully saturated rings. The standard InChI is InChI=1S/C31H38F2N2O3Si/c1-31(2,3)39(4,5)38-30(22-6-9-24(32)10-7-22)19-8-23-20-34-35(26-13-11-25(33)12-14-26)29(23)21-37-28-17-15-27(36)16-18-28/h6-7,9-18,20,23,29-30,36H,8,19,21H2,1-5H3/t23-,29+,30-/m0/s1. The number of anilines is 1. The highest BCUT2D eigenvalue weighted by Gasteiger charge is 2.40. The van der Waals surface area contributed by atoms with E-state index in [1.54, 1.807) is 36.4 Å². The third-order valence-corrected chi connectivity index (χ3v) is 12.3. The summed E-state index contributed by atoms with van der Waals surface area (Å²) in [4.78, 5) is 0. The number of nitrogens with zero attached hydrogens (tertiary/aromatic N) is 2. The fourth-order valence-electron chi connectivity index (χ4n) is 4.41. The molecule has 0 amide bonds. The summed E-state index contributed by atoms with van der Waals surface area (Å²) in [6.07, 6.45) is 3.24. The third-order valence-electron chi connectivity index (χ3n) is 7.79. The van der Waals surface area contributed by atoms with Crippen molar-refractivity contribution in [1.82, 2.24) is 0 Å². The van der Waals surface area contributed by atoms with E-state index in [1.165, 1.54) is 24.3 Å². The van der Waals surface area contributed by atoms with Crippen molar-refractivity contribution in [2.45, 2.75) is 63.9 Å². The van der Waals surface area contributed by atoms with Crippen LogP contribution in [0.25, 0.3) is 0 Å². The molecule has 5 nitrogen and oxygen atoms in total. The van der Waals surface area contributed by atoms with Crippen LogP contribution < -0.4 is 9.75 Å². The summed E-state index contributed by atoms with van der Waals surface area (Å²) < 4.78 is 40.3. The van der Waals surface area contributed by atoms with Crippen LogP contribution in [0.15, 0.2) is 77.9 Å². The SMILES string of the molecule is CC(C)(C)[Si](C)(C)O[C@@H](CC[C@H]1C=NN(c2ccc(F)cc2)[C@@H]1COc1ccc(O)cc1)c1ccc(F)cc1. The van der Waals surface area contributed by atoms with Gasteiger partial charge in [0.05, 0.1) is 17.8 Å². The normalized spacial score (nSPS) is 18.4. The van der Waals surface area contributed by atoms with Crippen LogP contribution in [0.3, 0.4) is 0 Å². The van der Waals surface area contributed by atoms with Crippen molar-refractivity contribution in [2.75, 3.05) is 11.6 Å². The summed E-state index contributed by atoms with van der Waals surface area (Å²) in [6, 6.07) is 19.3. The summed E-state index contributed by atoms with van der Waals surface area (Å²) in [5.41, 5.74) is 1.74. The molecule has 3 atom stereocenters. The van der Waals surface area contributed by atoms with Crippen LogP contribution in [0.1, 0.15) is 45.3 Å². The molecule has 0 saturated carbocycles. The molecule has 1 aliphatic rings. The van der Waals surface area contributed by atoms with Crippen molar-refractivity contribution in [3.63, 3.8) is 0 Å². The minimum atomic E-state index is -2.11. The van der Waals surface area contributed by atoms with Crippen LogP contribution in [0.4, 0.5) is 14.5 Å². The molecule has 1 aliphatic heterocycles. The van der Waals surface area contributed by atoms with E-state index in [0.29, 0.717) is 12.4 Å². The van der Waals surface area contributed by atoms with Gasteiger partial charge in [0.15, 0.2) is 8.32 Å². The lowest BCUT2D eigenvalue weighted by molar-refractivity contribution is 0.163. The molecule has 0 saturated heterocycles. The Balaban J connectivity index is 1.54. The average molecular weight is 553 g/mol. The number of hydrogen-bond donors (Lipinski definition) is 1. The Morgan fingerprint density at radius 2 is 1.51 bits per heavy atom. The first kappa shape index (κ1) is 28.8. The maximum atomic E-state index is 13.7. The Labute approximate surface area is 231 Å². The van der Waals surface area contributed by atoms with Crippen LogP contribution >= 0.6 is 0 Å². The van der Waals surface area contributed by atoms with Crippen molar-refractivity contribution in [1.29, 1.82) is 0 Å². The van der Waals surface area contributed by atoms with E-state index in [1.807, 2.05) is 23.4 Å². The molecule has 0 aliphatic carbocycles. The monoisotopic (exact) mass is 552 g/mol. The molecule has 4 rings (SSSR count). The number of phenols is 1. The lowest BCUT2D eigenvalue weighted by Crippen LogP contribution is -2.42. The first-order valence-electron chi connectivity index (χ1n) is 13.4. The van der Waals surface area contributed by atoms with Gasteiger partial charge in [0, 0.05) is 12.1 Å². The van der Waals surface area contributed by atoms with Gasteiger partial charge in [-0.2, -0.15) is 5.10 Å². The first-order valence-corrected chi connectivity index (χ1v) is 16.3. The zero-order valence-electron chi connectivity index (χ0n) is 23.3. The van der Waals surface area contributed by atoms with Gasteiger partial charge >= 0.3 is 0 Å². The van der Waals surface area contributed by atoms with Crippen LogP contribution in [-0.4, -0.2) is 32.3 Å². The van der Waals surface area contributed by atoms with Gasteiger partial charge in [0.2, 0.25) is 0 Å². The molecule has 1 N–H and O–H groups in total.